The number of hydrogen-bond acceptors (Lipinski definition) is 6. The molecule has 0 radical (unpaired) electrons. The van der Waals surface area contributed by atoms with E-state index in [0.717, 1.165) is 31.7 Å². The van der Waals surface area contributed by atoms with Crippen LogP contribution in [-0.4, -0.2) is 23.0 Å². The fraction of sp³-hybridized carbons (Fsp3) is 0.167. The standard InChI is InChI=1S/C24H21N3O2S2/c1-14-7-8-20-18(11-14)24(29)27(16-5-4-6-17(28)12-16)23(26(20)3)22-10-9-21(31-22)19-13-30-15(2)25-19/h4-13,23,28H,1-3H3/t23-/m0/s1. The number of nitrogens with zero attached hydrogens (tertiary/aromatic N) is 3. The molecule has 0 unspecified atom stereocenters. The van der Waals surface area contributed by atoms with E-state index in [1.54, 1.807) is 45.8 Å². The number of aromatic nitrogens is 1. The molecule has 3 heterocycles. The first-order valence-electron chi connectivity index (χ1n) is 9.90. The molecule has 7 heteroatoms. The molecule has 0 saturated heterocycles. The monoisotopic (exact) mass is 447 g/mol. The summed E-state index contributed by atoms with van der Waals surface area (Å²) in [6.45, 7) is 3.98. The lowest BCUT2D eigenvalue weighted by Gasteiger charge is -2.43. The highest BCUT2D eigenvalue weighted by atomic mass is 32.1. The Hall–Kier alpha value is -3.16. The summed E-state index contributed by atoms with van der Waals surface area (Å²) in [5.74, 6) is 0.0541. The van der Waals surface area contributed by atoms with Crippen LogP contribution in [0.1, 0.15) is 32.0 Å². The normalized spacial score (nSPS) is 16.0. The Labute approximate surface area is 188 Å². The van der Waals surface area contributed by atoms with Gasteiger partial charge in [0, 0.05) is 23.4 Å². The van der Waals surface area contributed by atoms with Crippen LogP contribution >= 0.6 is 22.7 Å². The lowest BCUT2D eigenvalue weighted by molar-refractivity contribution is 0.0970. The van der Waals surface area contributed by atoms with Crippen LogP contribution in [0.4, 0.5) is 11.4 Å². The zero-order chi connectivity index (χ0) is 21.7. The van der Waals surface area contributed by atoms with E-state index in [4.69, 9.17) is 0 Å². The van der Waals surface area contributed by atoms with Crippen molar-refractivity contribution in [3.05, 3.63) is 81.0 Å². The zero-order valence-corrected chi connectivity index (χ0v) is 19.0. The summed E-state index contributed by atoms with van der Waals surface area (Å²) in [7, 11) is 2.01. The van der Waals surface area contributed by atoms with Gasteiger partial charge in [0.25, 0.3) is 5.91 Å². The molecule has 1 N–H and O–H groups in total. The fourth-order valence-corrected chi connectivity index (χ4v) is 5.79. The Kier molecular flexibility index (Phi) is 4.79. The number of benzene rings is 2. The van der Waals surface area contributed by atoms with Crippen molar-refractivity contribution in [2.24, 2.45) is 0 Å². The van der Waals surface area contributed by atoms with E-state index in [-0.39, 0.29) is 17.8 Å². The lowest BCUT2D eigenvalue weighted by Crippen LogP contribution is -2.48. The highest BCUT2D eigenvalue weighted by Gasteiger charge is 2.39. The topological polar surface area (TPSA) is 56.7 Å². The maximum Gasteiger partial charge on any atom is 0.262 e. The number of phenolic OH excluding ortho intramolecular Hbond substituents is 1. The van der Waals surface area contributed by atoms with Crippen LogP contribution in [-0.2, 0) is 0 Å². The summed E-state index contributed by atoms with van der Waals surface area (Å²) in [5.41, 5.74) is 4.22. The van der Waals surface area contributed by atoms with E-state index in [1.165, 1.54) is 0 Å². The number of thiazole rings is 1. The third-order valence-corrected chi connectivity index (χ3v) is 7.37. The van der Waals surface area contributed by atoms with Crippen LogP contribution in [0.3, 0.4) is 0 Å². The molecule has 1 amide bonds. The molecule has 2 aromatic heterocycles. The Morgan fingerprint density at radius 2 is 1.90 bits per heavy atom. The predicted molar refractivity (Wildman–Crippen MR) is 127 cm³/mol. The van der Waals surface area contributed by atoms with E-state index in [2.05, 4.69) is 27.4 Å². The second-order valence-corrected chi connectivity index (χ2v) is 9.83. The summed E-state index contributed by atoms with van der Waals surface area (Å²) in [6.07, 6.45) is -0.331. The molecule has 0 spiro atoms. The van der Waals surface area contributed by atoms with Crippen molar-refractivity contribution in [3.63, 3.8) is 0 Å². The summed E-state index contributed by atoms with van der Waals surface area (Å²) in [6, 6.07) is 17.0. The van der Waals surface area contributed by atoms with Gasteiger partial charge in [-0.3, -0.25) is 9.69 Å². The molecule has 0 aliphatic carbocycles. The minimum atomic E-state index is -0.331. The molecule has 156 valence electrons. The molecular weight excluding hydrogens is 426 g/mol. The molecule has 1 aliphatic heterocycles. The maximum absolute atomic E-state index is 13.7. The van der Waals surface area contributed by atoms with Gasteiger partial charge in [0.1, 0.15) is 11.9 Å². The van der Waals surface area contributed by atoms with E-state index < -0.39 is 0 Å². The number of hydrogen-bond donors (Lipinski definition) is 1. The number of anilines is 2. The minimum Gasteiger partial charge on any atom is -0.508 e. The van der Waals surface area contributed by atoms with Crippen LogP contribution in [0.25, 0.3) is 10.6 Å². The number of rotatable bonds is 3. The molecule has 5 nitrogen and oxygen atoms in total. The van der Waals surface area contributed by atoms with Gasteiger partial charge >= 0.3 is 0 Å². The SMILES string of the molecule is Cc1ccc2c(c1)C(=O)N(c1cccc(O)c1)[C@@H](c1ccc(-c3csc(C)n3)s1)N2C. The Balaban J connectivity index is 1.66. The molecule has 1 atom stereocenters. The van der Waals surface area contributed by atoms with Gasteiger partial charge in [0.2, 0.25) is 0 Å². The van der Waals surface area contributed by atoms with Gasteiger partial charge < -0.3 is 10.0 Å². The van der Waals surface area contributed by atoms with E-state index in [0.29, 0.717) is 11.3 Å². The number of fused-ring (bicyclic) bond motifs is 1. The van der Waals surface area contributed by atoms with Gasteiger partial charge in [0.05, 0.1) is 32.5 Å². The molecule has 0 fully saturated rings. The molecule has 1 aliphatic rings. The highest BCUT2D eigenvalue weighted by molar-refractivity contribution is 7.16. The summed E-state index contributed by atoms with van der Waals surface area (Å²) in [4.78, 5) is 24.3. The molecule has 0 saturated carbocycles. The number of carbonyl (C=O) groups excluding carboxylic acids is 1. The van der Waals surface area contributed by atoms with Crippen molar-refractivity contribution in [2.45, 2.75) is 20.0 Å². The third kappa shape index (κ3) is 3.40. The second kappa shape index (κ2) is 7.51. The van der Waals surface area contributed by atoms with Crippen LogP contribution in [0.2, 0.25) is 0 Å². The average Bonchev–Trinajstić information content (AvgIpc) is 3.39. The molecular formula is C24H21N3O2S2. The van der Waals surface area contributed by atoms with Crippen LogP contribution in [0.5, 0.6) is 5.75 Å². The van der Waals surface area contributed by atoms with Crippen molar-refractivity contribution in [2.75, 3.05) is 16.8 Å². The number of aromatic hydroxyl groups is 1. The largest absolute Gasteiger partial charge is 0.508 e. The van der Waals surface area contributed by atoms with Crippen molar-refractivity contribution < 1.29 is 9.90 Å². The molecule has 0 bridgehead atoms. The molecule has 4 aromatic rings. The first-order chi connectivity index (χ1) is 14.9. The summed E-state index contributed by atoms with van der Waals surface area (Å²) < 4.78 is 0. The van der Waals surface area contributed by atoms with Crippen molar-refractivity contribution in [3.8, 4) is 16.3 Å². The van der Waals surface area contributed by atoms with Gasteiger partial charge in [-0.15, -0.1) is 22.7 Å². The third-order valence-electron chi connectivity index (χ3n) is 5.45. The van der Waals surface area contributed by atoms with Gasteiger partial charge in [-0.2, -0.15) is 0 Å². The second-order valence-electron chi connectivity index (χ2n) is 7.65. The quantitative estimate of drug-likeness (QED) is 0.419. The van der Waals surface area contributed by atoms with Gasteiger partial charge in [0.15, 0.2) is 0 Å². The van der Waals surface area contributed by atoms with Crippen molar-refractivity contribution in [1.82, 2.24) is 4.98 Å². The van der Waals surface area contributed by atoms with Crippen LogP contribution < -0.4 is 9.80 Å². The molecule has 5 rings (SSSR count). The van der Waals surface area contributed by atoms with E-state index >= 15 is 0 Å². The Bertz CT molecular complexity index is 1290. The summed E-state index contributed by atoms with van der Waals surface area (Å²) >= 11 is 3.27. The maximum atomic E-state index is 13.7. The van der Waals surface area contributed by atoms with Crippen LogP contribution in [0, 0.1) is 13.8 Å². The first kappa shape index (κ1) is 19.8. The van der Waals surface area contributed by atoms with Crippen LogP contribution in [0.15, 0.2) is 60.0 Å². The minimum absolute atomic E-state index is 0.0770. The average molecular weight is 448 g/mol. The van der Waals surface area contributed by atoms with E-state index in [9.17, 15) is 9.90 Å². The number of phenols is 1. The van der Waals surface area contributed by atoms with Crippen molar-refractivity contribution in [1.29, 1.82) is 0 Å². The lowest BCUT2D eigenvalue weighted by atomic mass is 10.0. The molecule has 2 aromatic carbocycles. The van der Waals surface area contributed by atoms with Gasteiger partial charge in [-0.1, -0.05) is 17.7 Å². The first-order valence-corrected chi connectivity index (χ1v) is 11.6. The van der Waals surface area contributed by atoms with E-state index in [1.807, 2.05) is 45.2 Å². The number of amides is 1. The highest BCUT2D eigenvalue weighted by Crippen LogP contribution is 2.44. The number of carbonyl (C=O) groups is 1. The molecule has 31 heavy (non-hydrogen) atoms. The number of thiophene rings is 1. The van der Waals surface area contributed by atoms with Crippen molar-refractivity contribution >= 4 is 40.0 Å². The predicted octanol–water partition coefficient (Wildman–Crippen LogP) is 5.99. The smallest absolute Gasteiger partial charge is 0.262 e. The Morgan fingerprint density at radius 3 is 2.65 bits per heavy atom. The number of aryl methyl sites for hydroxylation is 2. The fourth-order valence-electron chi connectivity index (χ4n) is 4.00. The summed E-state index contributed by atoms with van der Waals surface area (Å²) in [5, 5.41) is 13.2. The zero-order valence-electron chi connectivity index (χ0n) is 17.4. The Morgan fingerprint density at radius 1 is 1.06 bits per heavy atom. The van der Waals surface area contributed by atoms with Gasteiger partial charge in [-0.05, 0) is 50.2 Å². The van der Waals surface area contributed by atoms with Gasteiger partial charge in [-0.25, -0.2) is 4.98 Å².